The van der Waals surface area contributed by atoms with E-state index in [4.69, 9.17) is 16.6 Å². The highest BCUT2D eigenvalue weighted by atomic mass is 79.9. The predicted molar refractivity (Wildman–Crippen MR) is 75.0 cm³/mol. The second kappa shape index (κ2) is 4.86. The Morgan fingerprint density at radius 1 is 1.60 bits per heavy atom. The Balaban J connectivity index is 2.50. The number of anilines is 1. The number of fused-ring (bicyclic) bond motifs is 1. The average molecular weight is 322 g/mol. The van der Waals surface area contributed by atoms with Gasteiger partial charge in [-0.2, -0.15) is 12.6 Å². The zero-order chi connectivity index (χ0) is 10.8. The lowest BCUT2D eigenvalue weighted by atomic mass is 10.4. The number of halogens is 1. The number of thiophene rings is 1. The summed E-state index contributed by atoms with van der Waals surface area (Å²) in [5, 5.41) is 5.10. The molecule has 0 aliphatic carbocycles. The topological polar surface area (TPSA) is 25.2 Å². The standard InChI is InChI=1S/C9H8BrNOS3/c10-5-4-15-9-6(14)3-7(11-1-2-13)12-8(5)9/h3-4,11,13H,1-2H2. The summed E-state index contributed by atoms with van der Waals surface area (Å²) in [4.78, 5) is 0. The van der Waals surface area contributed by atoms with Crippen LogP contribution >= 0.6 is 52.1 Å². The maximum atomic E-state index is 5.67. The fourth-order valence-corrected chi connectivity index (χ4v) is 3.09. The molecule has 0 unspecified atom stereocenters. The minimum absolute atomic E-state index is 0.695. The van der Waals surface area contributed by atoms with Crippen LogP contribution in [-0.2, 0) is 0 Å². The van der Waals surface area contributed by atoms with E-state index in [-0.39, 0.29) is 0 Å². The van der Waals surface area contributed by atoms with Crippen LogP contribution in [0.2, 0.25) is 0 Å². The first-order valence-corrected chi connectivity index (χ1v) is 6.99. The number of thiol groups is 1. The van der Waals surface area contributed by atoms with Gasteiger partial charge >= 0.3 is 0 Å². The van der Waals surface area contributed by atoms with Crippen LogP contribution in [0.5, 0.6) is 0 Å². The molecule has 2 rings (SSSR count). The van der Waals surface area contributed by atoms with E-state index in [2.05, 4.69) is 33.9 Å². The van der Waals surface area contributed by atoms with Gasteiger partial charge in [-0.15, -0.1) is 11.3 Å². The Bertz CT molecular complexity index is 534. The first-order chi connectivity index (χ1) is 7.22. The molecule has 0 saturated heterocycles. The van der Waals surface area contributed by atoms with Crippen molar-refractivity contribution in [1.29, 1.82) is 0 Å². The van der Waals surface area contributed by atoms with Gasteiger partial charge < -0.3 is 9.73 Å². The molecular weight excluding hydrogens is 314 g/mol. The smallest absolute Gasteiger partial charge is 0.195 e. The fourth-order valence-electron chi connectivity index (χ4n) is 1.18. The summed E-state index contributed by atoms with van der Waals surface area (Å²) < 4.78 is 8.44. The monoisotopic (exact) mass is 321 g/mol. The first kappa shape index (κ1) is 11.4. The Morgan fingerprint density at radius 3 is 3.13 bits per heavy atom. The van der Waals surface area contributed by atoms with Crippen LogP contribution in [-0.4, -0.2) is 12.3 Å². The van der Waals surface area contributed by atoms with Gasteiger partial charge in [0.1, 0.15) is 0 Å². The molecule has 0 aliphatic rings. The molecule has 0 bridgehead atoms. The highest BCUT2D eigenvalue weighted by Gasteiger charge is 2.07. The second-order valence-electron chi connectivity index (χ2n) is 2.87. The van der Waals surface area contributed by atoms with Crippen LogP contribution in [0, 0.1) is 4.51 Å². The van der Waals surface area contributed by atoms with Crippen LogP contribution in [0.1, 0.15) is 0 Å². The maximum absolute atomic E-state index is 5.67. The Hall–Kier alpha value is -0.0400. The minimum Gasteiger partial charge on any atom is -0.439 e. The molecule has 0 amide bonds. The summed E-state index contributed by atoms with van der Waals surface area (Å²) in [6.07, 6.45) is 0. The van der Waals surface area contributed by atoms with Crippen LogP contribution in [0.25, 0.3) is 10.3 Å². The molecule has 0 saturated carbocycles. The lowest BCUT2D eigenvalue weighted by Crippen LogP contribution is -2.01. The van der Waals surface area contributed by atoms with Gasteiger partial charge in [0, 0.05) is 23.7 Å². The van der Waals surface area contributed by atoms with E-state index in [0.717, 1.165) is 31.6 Å². The summed E-state index contributed by atoms with van der Waals surface area (Å²) in [6.45, 7) is 0.759. The molecule has 2 aromatic heterocycles. The van der Waals surface area contributed by atoms with E-state index in [1.165, 1.54) is 0 Å². The zero-order valence-corrected chi connectivity index (χ0v) is 11.7. The molecule has 6 heteroatoms. The highest BCUT2D eigenvalue weighted by molar-refractivity contribution is 9.10. The Kier molecular flexibility index (Phi) is 3.71. The summed E-state index contributed by atoms with van der Waals surface area (Å²) in [7, 11) is 0. The molecule has 2 heterocycles. The normalized spacial score (nSPS) is 10.8. The summed E-state index contributed by atoms with van der Waals surface area (Å²) in [5.74, 6) is 1.45. The summed E-state index contributed by atoms with van der Waals surface area (Å²) in [5.41, 5.74) is 0.814. The average Bonchev–Trinajstić information content (AvgIpc) is 2.58. The largest absolute Gasteiger partial charge is 0.439 e. The SMILES string of the molecule is S=c1cc(NCCS)oc2c(Br)csc12. The summed E-state index contributed by atoms with van der Waals surface area (Å²) in [6, 6.07) is 1.84. The van der Waals surface area contributed by atoms with Crippen molar-refractivity contribution in [2.45, 2.75) is 0 Å². The van der Waals surface area contributed by atoms with Crippen molar-refractivity contribution in [3.05, 3.63) is 20.4 Å². The van der Waals surface area contributed by atoms with Gasteiger partial charge in [-0.05, 0) is 15.9 Å². The molecular formula is C9H8BrNOS3. The van der Waals surface area contributed by atoms with E-state index in [9.17, 15) is 0 Å². The third kappa shape index (κ3) is 2.38. The lowest BCUT2D eigenvalue weighted by Gasteiger charge is -2.03. The highest BCUT2D eigenvalue weighted by Crippen LogP contribution is 2.33. The maximum Gasteiger partial charge on any atom is 0.195 e. The van der Waals surface area contributed by atoms with Gasteiger partial charge in [0.25, 0.3) is 0 Å². The van der Waals surface area contributed by atoms with Crippen molar-refractivity contribution in [2.75, 3.05) is 17.6 Å². The van der Waals surface area contributed by atoms with Crippen molar-refractivity contribution in [3.8, 4) is 0 Å². The van der Waals surface area contributed by atoms with Crippen LogP contribution < -0.4 is 5.32 Å². The molecule has 0 aliphatic heterocycles. The Labute approximate surface area is 110 Å². The van der Waals surface area contributed by atoms with Gasteiger partial charge in [0.05, 0.1) is 13.7 Å². The van der Waals surface area contributed by atoms with Crippen LogP contribution in [0.4, 0.5) is 5.88 Å². The molecule has 15 heavy (non-hydrogen) atoms. The molecule has 0 spiro atoms. The lowest BCUT2D eigenvalue weighted by molar-refractivity contribution is 0.616. The molecule has 1 N–H and O–H groups in total. The predicted octanol–water partition coefficient (Wildman–Crippen LogP) is 4.33. The molecule has 0 fully saturated rings. The van der Waals surface area contributed by atoms with E-state index >= 15 is 0 Å². The Morgan fingerprint density at radius 2 is 2.40 bits per heavy atom. The number of hydrogen-bond donors (Lipinski definition) is 2. The minimum atomic E-state index is 0.695. The van der Waals surface area contributed by atoms with Gasteiger partial charge in [0.15, 0.2) is 11.5 Å². The number of rotatable bonds is 3. The van der Waals surface area contributed by atoms with Crippen molar-refractivity contribution in [1.82, 2.24) is 0 Å². The zero-order valence-electron chi connectivity index (χ0n) is 7.62. The van der Waals surface area contributed by atoms with E-state index in [0.29, 0.717) is 5.88 Å². The van der Waals surface area contributed by atoms with Crippen molar-refractivity contribution in [3.63, 3.8) is 0 Å². The van der Waals surface area contributed by atoms with Crippen LogP contribution in [0.3, 0.4) is 0 Å². The quantitative estimate of drug-likeness (QED) is 0.650. The van der Waals surface area contributed by atoms with E-state index in [1.54, 1.807) is 11.3 Å². The van der Waals surface area contributed by atoms with Gasteiger partial charge in [-0.3, -0.25) is 0 Å². The van der Waals surface area contributed by atoms with Crippen LogP contribution in [0.15, 0.2) is 20.3 Å². The molecule has 2 nitrogen and oxygen atoms in total. The molecule has 0 atom stereocenters. The number of nitrogens with one attached hydrogen (secondary N) is 1. The molecule has 2 aromatic rings. The fraction of sp³-hybridized carbons (Fsp3) is 0.222. The van der Waals surface area contributed by atoms with Gasteiger partial charge in [-0.25, -0.2) is 0 Å². The first-order valence-electron chi connectivity index (χ1n) is 4.28. The third-order valence-corrected chi connectivity index (χ3v) is 4.37. The van der Waals surface area contributed by atoms with E-state index < -0.39 is 0 Å². The van der Waals surface area contributed by atoms with E-state index in [1.807, 2.05) is 11.4 Å². The van der Waals surface area contributed by atoms with Crippen molar-refractivity contribution < 1.29 is 4.42 Å². The van der Waals surface area contributed by atoms with Gasteiger partial charge in [0.2, 0.25) is 0 Å². The molecule has 80 valence electrons. The van der Waals surface area contributed by atoms with Crippen molar-refractivity contribution in [2.24, 2.45) is 0 Å². The van der Waals surface area contributed by atoms with Crippen molar-refractivity contribution >= 4 is 68.3 Å². The third-order valence-electron chi connectivity index (χ3n) is 1.81. The summed E-state index contributed by atoms with van der Waals surface area (Å²) >= 11 is 14.4. The molecule has 0 aromatic carbocycles. The van der Waals surface area contributed by atoms with Gasteiger partial charge in [-0.1, -0.05) is 12.2 Å². The number of hydrogen-bond acceptors (Lipinski definition) is 5. The second-order valence-corrected chi connectivity index (χ2v) is 5.49. The molecule has 0 radical (unpaired) electrons.